The van der Waals surface area contributed by atoms with Gasteiger partial charge in [0.15, 0.2) is 5.82 Å². The number of rotatable bonds is 8. The largest absolute Gasteiger partial charge is 0.349 e. The minimum atomic E-state index is -2.10. The summed E-state index contributed by atoms with van der Waals surface area (Å²) in [7, 11) is 0. The van der Waals surface area contributed by atoms with Crippen molar-refractivity contribution < 1.29 is 8.76 Å². The predicted molar refractivity (Wildman–Crippen MR) is 144 cm³/mol. The second kappa shape index (κ2) is 9.75. The van der Waals surface area contributed by atoms with E-state index in [1.54, 1.807) is 6.20 Å². The topological polar surface area (TPSA) is 143 Å². The zero-order valence-corrected chi connectivity index (χ0v) is 21.4. The lowest BCUT2D eigenvalue weighted by Crippen LogP contribution is -2.43. The van der Waals surface area contributed by atoms with Gasteiger partial charge in [0.1, 0.15) is 5.82 Å². The van der Waals surface area contributed by atoms with E-state index in [0.717, 1.165) is 46.7 Å². The van der Waals surface area contributed by atoms with E-state index in [1.807, 2.05) is 36.4 Å². The zero-order valence-electron chi connectivity index (χ0n) is 19.0. The SMILES string of the molecule is O=S(O)NCc1ccccc1Nc1nc(Nc2ccc3c(N4CC5CC4CN5)n[nH]c3c2)ncc1Br. The van der Waals surface area contributed by atoms with Gasteiger partial charge >= 0.3 is 0 Å². The van der Waals surface area contributed by atoms with E-state index in [-0.39, 0.29) is 6.54 Å². The van der Waals surface area contributed by atoms with Crippen LogP contribution in [0, 0.1) is 0 Å². The van der Waals surface area contributed by atoms with Gasteiger partial charge in [-0.15, -0.1) is 0 Å². The molecule has 0 radical (unpaired) electrons. The van der Waals surface area contributed by atoms with Crippen LogP contribution in [0.4, 0.5) is 29.0 Å². The smallest absolute Gasteiger partial charge is 0.232 e. The van der Waals surface area contributed by atoms with E-state index in [9.17, 15) is 4.21 Å². The Hall–Kier alpha value is -3.10. The van der Waals surface area contributed by atoms with E-state index in [0.29, 0.717) is 28.3 Å². The highest BCUT2D eigenvalue weighted by atomic mass is 79.9. The van der Waals surface area contributed by atoms with Crippen molar-refractivity contribution in [1.82, 2.24) is 30.2 Å². The van der Waals surface area contributed by atoms with Gasteiger partial charge in [-0.2, -0.15) is 10.1 Å². The first-order chi connectivity index (χ1) is 17.5. The Morgan fingerprint density at radius 2 is 2.11 bits per heavy atom. The van der Waals surface area contributed by atoms with Gasteiger partial charge in [0.2, 0.25) is 17.2 Å². The Balaban J connectivity index is 1.21. The normalized spacial score (nSPS) is 19.7. The minimum absolute atomic E-state index is 0.224. The van der Waals surface area contributed by atoms with E-state index in [2.05, 4.69) is 67.7 Å². The number of piperazine rings is 1. The average molecular weight is 570 g/mol. The van der Waals surface area contributed by atoms with Gasteiger partial charge in [-0.25, -0.2) is 13.9 Å². The van der Waals surface area contributed by atoms with E-state index < -0.39 is 11.3 Å². The van der Waals surface area contributed by atoms with Gasteiger partial charge in [-0.1, -0.05) is 18.2 Å². The number of hydrogen-bond donors (Lipinski definition) is 6. The summed E-state index contributed by atoms with van der Waals surface area (Å²) < 4.78 is 23.3. The molecule has 2 aromatic carbocycles. The van der Waals surface area contributed by atoms with Crippen LogP contribution in [0.2, 0.25) is 0 Å². The molecule has 2 saturated heterocycles. The molecule has 2 fully saturated rings. The van der Waals surface area contributed by atoms with Crippen molar-refractivity contribution in [3.8, 4) is 0 Å². The lowest BCUT2D eigenvalue weighted by Gasteiger charge is -2.27. The number of benzene rings is 2. The van der Waals surface area contributed by atoms with Gasteiger partial charge < -0.3 is 20.9 Å². The average Bonchev–Trinajstić information content (AvgIpc) is 3.61. The molecule has 0 aliphatic carbocycles. The number of H-pyrrole nitrogens is 1. The van der Waals surface area contributed by atoms with Crippen LogP contribution < -0.4 is 25.6 Å². The molecule has 2 aromatic heterocycles. The van der Waals surface area contributed by atoms with Crippen LogP contribution >= 0.6 is 15.9 Å². The molecule has 6 rings (SSSR count). The molecule has 11 nitrogen and oxygen atoms in total. The molecule has 2 aliphatic rings. The van der Waals surface area contributed by atoms with E-state index in [4.69, 9.17) is 4.55 Å². The summed E-state index contributed by atoms with van der Waals surface area (Å²) in [6.45, 7) is 2.23. The van der Waals surface area contributed by atoms with Crippen LogP contribution in [0.25, 0.3) is 10.9 Å². The van der Waals surface area contributed by atoms with Gasteiger partial charge in [-0.3, -0.25) is 9.65 Å². The molecule has 6 N–H and O–H groups in total. The first-order valence-corrected chi connectivity index (χ1v) is 13.4. The van der Waals surface area contributed by atoms with E-state index >= 15 is 0 Å². The second-order valence-electron chi connectivity index (χ2n) is 8.82. The highest BCUT2D eigenvalue weighted by Gasteiger charge is 2.39. The standard InChI is InChI=1S/C23H24BrN9O2S/c24-18-11-26-23(30-21(18)29-19-4-2-1-3-13(19)9-27-36(34)35)28-14-5-6-17-20(8-14)31-32-22(17)33-12-15-7-16(33)10-25-15/h1-6,8,11,15-16,25,27H,7,9-10,12H2,(H,31,32)(H,34,35)(H2,26,28,29,30). The molecule has 2 bridgehead atoms. The number of hydrogen-bond acceptors (Lipinski definition) is 8. The van der Waals surface area contributed by atoms with Crippen LogP contribution in [-0.2, 0) is 17.8 Å². The van der Waals surface area contributed by atoms with Crippen molar-refractivity contribution in [2.75, 3.05) is 28.6 Å². The summed E-state index contributed by atoms with van der Waals surface area (Å²) in [6.07, 6.45) is 2.85. The number of nitrogens with zero attached hydrogens (tertiary/aromatic N) is 4. The maximum Gasteiger partial charge on any atom is 0.232 e. The van der Waals surface area contributed by atoms with Crippen molar-refractivity contribution in [2.45, 2.75) is 25.0 Å². The van der Waals surface area contributed by atoms with Crippen molar-refractivity contribution in [2.24, 2.45) is 0 Å². The van der Waals surface area contributed by atoms with Crippen LogP contribution in [-0.4, -0.2) is 54.1 Å². The fraction of sp³-hybridized carbons (Fsp3) is 0.261. The number of anilines is 5. The monoisotopic (exact) mass is 569 g/mol. The van der Waals surface area contributed by atoms with Gasteiger partial charge in [-0.05, 0) is 52.2 Å². The lowest BCUT2D eigenvalue weighted by atomic mass is 10.2. The number of aromatic nitrogens is 4. The number of aromatic amines is 1. The van der Waals surface area contributed by atoms with Crippen LogP contribution in [0.1, 0.15) is 12.0 Å². The Morgan fingerprint density at radius 3 is 2.92 bits per heavy atom. The zero-order chi connectivity index (χ0) is 24.6. The summed E-state index contributed by atoms with van der Waals surface area (Å²) in [6, 6.07) is 14.6. The first kappa shape index (κ1) is 23.3. The Morgan fingerprint density at radius 1 is 1.22 bits per heavy atom. The van der Waals surface area contributed by atoms with Crippen LogP contribution in [0.5, 0.6) is 0 Å². The summed E-state index contributed by atoms with van der Waals surface area (Å²) >= 11 is 1.40. The summed E-state index contributed by atoms with van der Waals surface area (Å²) in [5.41, 5.74) is 3.37. The predicted octanol–water partition coefficient (Wildman–Crippen LogP) is 3.38. The first-order valence-electron chi connectivity index (χ1n) is 11.5. The molecule has 0 amide bonds. The maximum atomic E-state index is 11.0. The summed E-state index contributed by atoms with van der Waals surface area (Å²) in [4.78, 5) is 11.4. The number of para-hydroxylation sites is 1. The molecule has 3 unspecified atom stereocenters. The maximum absolute atomic E-state index is 11.0. The quantitative estimate of drug-likeness (QED) is 0.176. The minimum Gasteiger partial charge on any atom is -0.349 e. The Labute approximate surface area is 218 Å². The van der Waals surface area contributed by atoms with Gasteiger partial charge in [0.25, 0.3) is 0 Å². The molecule has 4 aromatic rings. The third-order valence-electron chi connectivity index (χ3n) is 6.53. The molecule has 3 atom stereocenters. The third kappa shape index (κ3) is 4.67. The molecule has 13 heteroatoms. The number of nitrogens with one attached hydrogen (secondary N) is 5. The number of halogens is 1. The summed E-state index contributed by atoms with van der Waals surface area (Å²) in [5, 5.41) is 19.0. The summed E-state index contributed by atoms with van der Waals surface area (Å²) in [5.74, 6) is 2.00. The highest BCUT2D eigenvalue weighted by molar-refractivity contribution is 9.10. The van der Waals surface area contributed by atoms with Crippen LogP contribution in [0.15, 0.2) is 53.1 Å². The highest BCUT2D eigenvalue weighted by Crippen LogP contribution is 2.34. The Bertz CT molecular complexity index is 1450. The molecular formula is C23H24BrN9O2S. The molecule has 4 heterocycles. The van der Waals surface area contributed by atoms with Gasteiger partial charge in [0.05, 0.1) is 9.99 Å². The molecule has 36 heavy (non-hydrogen) atoms. The van der Waals surface area contributed by atoms with E-state index in [1.165, 1.54) is 6.42 Å². The molecular weight excluding hydrogens is 546 g/mol. The molecule has 0 spiro atoms. The van der Waals surface area contributed by atoms with Crippen molar-refractivity contribution >= 4 is 67.1 Å². The number of fused-ring (bicyclic) bond motifs is 3. The molecule has 186 valence electrons. The van der Waals surface area contributed by atoms with Crippen molar-refractivity contribution in [3.63, 3.8) is 0 Å². The second-order valence-corrected chi connectivity index (χ2v) is 10.5. The third-order valence-corrected chi connectivity index (χ3v) is 7.50. The van der Waals surface area contributed by atoms with Crippen molar-refractivity contribution in [1.29, 1.82) is 0 Å². The van der Waals surface area contributed by atoms with Crippen molar-refractivity contribution in [3.05, 3.63) is 58.7 Å². The fourth-order valence-corrected chi connectivity index (χ4v) is 5.40. The molecule has 0 saturated carbocycles. The fourth-order valence-electron chi connectivity index (χ4n) is 4.83. The van der Waals surface area contributed by atoms with Gasteiger partial charge in [0, 0.05) is 54.7 Å². The van der Waals surface area contributed by atoms with Crippen LogP contribution in [0.3, 0.4) is 0 Å². The molecule has 2 aliphatic heterocycles. The lowest BCUT2D eigenvalue weighted by molar-refractivity contribution is 0.549. The Kier molecular flexibility index (Phi) is 6.31.